The minimum atomic E-state index is 0.718. The molecule has 1 aromatic rings. The largest absolute Gasteiger partial charge is 0.124 e. The predicted molar refractivity (Wildman–Crippen MR) is 93.7 cm³/mol. The fourth-order valence-electron chi connectivity index (χ4n) is 1.65. The van der Waals surface area contributed by atoms with Gasteiger partial charge in [-0.1, -0.05) is 57.0 Å². The van der Waals surface area contributed by atoms with Gasteiger partial charge in [-0.05, 0) is 12.1 Å². The van der Waals surface area contributed by atoms with Gasteiger partial charge in [-0.15, -0.1) is 23.5 Å². The Kier molecular flexibility index (Phi) is 5.07. The highest BCUT2D eigenvalue weighted by Crippen LogP contribution is 2.55. The van der Waals surface area contributed by atoms with Crippen LogP contribution < -0.4 is 0 Å². The van der Waals surface area contributed by atoms with E-state index in [-0.39, 0.29) is 0 Å². The second-order valence-corrected chi connectivity index (χ2v) is 11.7. The zero-order valence-electron chi connectivity index (χ0n) is 10.2. The maximum Gasteiger partial charge on any atom is 0.0474 e. The minimum absolute atomic E-state index is 0.718. The molecule has 18 heavy (non-hydrogen) atoms. The first-order valence-electron chi connectivity index (χ1n) is 5.83. The summed E-state index contributed by atoms with van der Waals surface area (Å²) in [6, 6.07) is 4.65. The van der Waals surface area contributed by atoms with Gasteiger partial charge < -0.3 is 0 Å². The van der Waals surface area contributed by atoms with Gasteiger partial charge in [0.25, 0.3) is 0 Å². The van der Waals surface area contributed by atoms with Crippen LogP contribution in [0.5, 0.6) is 0 Å². The van der Waals surface area contributed by atoms with Crippen LogP contribution in [0.15, 0.2) is 31.7 Å². The van der Waals surface area contributed by atoms with Crippen LogP contribution >= 0.6 is 66.7 Å². The molecule has 0 nitrogen and oxygen atoms in total. The van der Waals surface area contributed by atoms with E-state index in [1.54, 1.807) is 4.90 Å². The van der Waals surface area contributed by atoms with Crippen molar-refractivity contribution in [2.24, 2.45) is 0 Å². The standard InChI is InChI=1S/C12H14S6/c1-7-5-13-9-3-4-10(17-15-7)12-11(9)14-6-8(2)16-18-12/h3-4,7-8H,5-6H2,1-2H3. The fourth-order valence-corrected chi connectivity index (χ4v) is 10.4. The van der Waals surface area contributed by atoms with Crippen LogP contribution in [-0.4, -0.2) is 22.0 Å². The van der Waals surface area contributed by atoms with E-state index in [4.69, 9.17) is 0 Å². The van der Waals surface area contributed by atoms with Crippen molar-refractivity contribution in [1.29, 1.82) is 0 Å². The van der Waals surface area contributed by atoms with Crippen molar-refractivity contribution in [2.75, 3.05) is 11.5 Å². The van der Waals surface area contributed by atoms with Crippen LogP contribution in [-0.2, 0) is 0 Å². The van der Waals surface area contributed by atoms with E-state index < -0.39 is 0 Å². The summed E-state index contributed by atoms with van der Waals surface area (Å²) in [7, 11) is 8.00. The topological polar surface area (TPSA) is 0 Å². The molecule has 3 aliphatic rings. The number of fused-ring (bicyclic) bond motifs is 5. The Morgan fingerprint density at radius 2 is 1.50 bits per heavy atom. The molecule has 1 aromatic carbocycles. The van der Waals surface area contributed by atoms with E-state index in [0.717, 1.165) is 10.5 Å². The summed E-state index contributed by atoms with van der Waals surface area (Å²) in [5, 5.41) is 1.45. The molecule has 3 heterocycles. The summed E-state index contributed by atoms with van der Waals surface area (Å²) in [4.78, 5) is 6.02. The molecule has 4 rings (SSSR count). The maximum atomic E-state index is 2.33. The van der Waals surface area contributed by atoms with Gasteiger partial charge in [-0.2, -0.15) is 0 Å². The zero-order chi connectivity index (χ0) is 12.5. The Bertz CT molecular complexity index is 407. The second-order valence-electron chi connectivity index (χ2n) is 4.32. The van der Waals surface area contributed by atoms with Gasteiger partial charge in [0.15, 0.2) is 0 Å². The molecule has 0 N–H and O–H groups in total. The Morgan fingerprint density at radius 3 is 2.33 bits per heavy atom. The van der Waals surface area contributed by atoms with Crippen molar-refractivity contribution < 1.29 is 0 Å². The van der Waals surface area contributed by atoms with Crippen LogP contribution in [0, 0.1) is 0 Å². The van der Waals surface area contributed by atoms with Gasteiger partial charge >= 0.3 is 0 Å². The van der Waals surface area contributed by atoms with E-state index in [1.165, 1.54) is 26.2 Å². The molecular formula is C12H14S6. The zero-order valence-corrected chi connectivity index (χ0v) is 15.1. The van der Waals surface area contributed by atoms with E-state index in [2.05, 4.69) is 37.7 Å². The molecular weight excluding hydrogens is 337 g/mol. The molecule has 0 amide bonds. The Labute approximate surface area is 133 Å². The number of hydrogen-bond donors (Lipinski definition) is 0. The van der Waals surface area contributed by atoms with Crippen molar-refractivity contribution in [1.82, 2.24) is 0 Å². The minimum Gasteiger partial charge on any atom is -0.124 e. The van der Waals surface area contributed by atoms with E-state index in [1.807, 2.05) is 54.9 Å². The third-order valence-corrected chi connectivity index (χ3v) is 12.0. The number of rotatable bonds is 0. The van der Waals surface area contributed by atoms with Crippen LogP contribution in [0.3, 0.4) is 0 Å². The molecule has 0 saturated carbocycles. The molecule has 0 radical (unpaired) electrons. The van der Waals surface area contributed by atoms with E-state index in [0.29, 0.717) is 0 Å². The Hall–Kier alpha value is 1.32. The fraction of sp³-hybridized carbons (Fsp3) is 0.500. The summed E-state index contributed by atoms with van der Waals surface area (Å²) in [5.41, 5.74) is 0. The molecule has 2 unspecified atom stereocenters. The summed E-state index contributed by atoms with van der Waals surface area (Å²) in [6.07, 6.45) is 0. The van der Waals surface area contributed by atoms with Crippen LogP contribution in [0.1, 0.15) is 13.8 Å². The lowest BCUT2D eigenvalue weighted by Crippen LogP contribution is -1.97. The summed E-state index contributed by atoms with van der Waals surface area (Å²) < 4.78 is 0. The van der Waals surface area contributed by atoms with Crippen molar-refractivity contribution in [2.45, 2.75) is 43.9 Å². The molecule has 3 aliphatic heterocycles. The van der Waals surface area contributed by atoms with Crippen LogP contribution in [0.4, 0.5) is 0 Å². The molecule has 0 aromatic heterocycles. The average molecular weight is 351 g/mol. The van der Waals surface area contributed by atoms with Crippen LogP contribution in [0.2, 0.25) is 0 Å². The number of thioether (sulfide) groups is 2. The first-order chi connectivity index (χ1) is 8.74. The van der Waals surface area contributed by atoms with Gasteiger partial charge in [0.1, 0.15) is 0 Å². The third-order valence-electron chi connectivity index (χ3n) is 2.57. The lowest BCUT2D eigenvalue weighted by Gasteiger charge is -2.11. The van der Waals surface area contributed by atoms with Gasteiger partial charge in [0.05, 0.1) is 0 Å². The average Bonchev–Trinajstić information content (AvgIpc) is 2.48. The third kappa shape index (κ3) is 3.14. The van der Waals surface area contributed by atoms with E-state index in [9.17, 15) is 0 Å². The summed E-state index contributed by atoms with van der Waals surface area (Å²) >= 11 is 4.09. The molecule has 0 saturated heterocycles. The molecule has 0 aliphatic carbocycles. The maximum absolute atomic E-state index is 2.33. The van der Waals surface area contributed by atoms with Crippen molar-refractivity contribution >= 4 is 66.7 Å². The monoisotopic (exact) mass is 350 g/mol. The second kappa shape index (κ2) is 6.39. The SMILES string of the molecule is CC1CSc2ccc(c3c2SCC(C)SS3)SS1. The molecule has 98 valence electrons. The first kappa shape index (κ1) is 14.3. The molecule has 2 bridgehead atoms. The van der Waals surface area contributed by atoms with Gasteiger partial charge in [0.2, 0.25) is 0 Å². The summed E-state index contributed by atoms with van der Waals surface area (Å²) in [6.45, 7) is 4.66. The first-order valence-corrected chi connectivity index (χ1v) is 12.2. The van der Waals surface area contributed by atoms with Crippen molar-refractivity contribution in [3.63, 3.8) is 0 Å². The highest BCUT2D eigenvalue weighted by Gasteiger charge is 2.23. The van der Waals surface area contributed by atoms with Gasteiger partial charge in [0, 0.05) is 41.6 Å². The molecule has 6 heteroatoms. The lowest BCUT2D eigenvalue weighted by molar-refractivity contribution is 1.03. The molecule has 0 fully saturated rings. The van der Waals surface area contributed by atoms with Crippen molar-refractivity contribution in [3.05, 3.63) is 12.1 Å². The van der Waals surface area contributed by atoms with Crippen LogP contribution in [0.25, 0.3) is 0 Å². The highest BCUT2D eigenvalue weighted by molar-refractivity contribution is 8.78. The Balaban J connectivity index is 2.02. The predicted octanol–water partition coefficient (Wildman–Crippen LogP) is 6.16. The van der Waals surface area contributed by atoms with Crippen molar-refractivity contribution in [3.8, 4) is 0 Å². The Morgan fingerprint density at radius 1 is 0.833 bits per heavy atom. The number of benzene rings is 1. The smallest absolute Gasteiger partial charge is 0.0474 e. The van der Waals surface area contributed by atoms with Gasteiger partial charge in [-0.3, -0.25) is 0 Å². The molecule has 0 spiro atoms. The summed E-state index contributed by atoms with van der Waals surface area (Å²) in [5.74, 6) is 2.45. The molecule has 2 atom stereocenters. The quantitative estimate of drug-likeness (QED) is 0.510. The number of hydrogen-bond acceptors (Lipinski definition) is 6. The van der Waals surface area contributed by atoms with E-state index >= 15 is 0 Å². The van der Waals surface area contributed by atoms with Gasteiger partial charge in [-0.25, -0.2) is 0 Å². The highest BCUT2D eigenvalue weighted by atomic mass is 33.1. The lowest BCUT2D eigenvalue weighted by atomic mass is 10.3. The normalized spacial score (nSPS) is 27.9.